The first-order valence-electron chi connectivity index (χ1n) is 11.1. The van der Waals surface area contributed by atoms with Crippen molar-refractivity contribution in [2.24, 2.45) is 0 Å². The minimum atomic E-state index is -0.203. The first-order chi connectivity index (χ1) is 16.5. The lowest BCUT2D eigenvalue weighted by molar-refractivity contribution is -0.123. The van der Waals surface area contributed by atoms with E-state index in [1.807, 2.05) is 28.9 Å². The molecule has 3 aromatic heterocycles. The monoisotopic (exact) mass is 456 g/mol. The second-order valence-electron chi connectivity index (χ2n) is 8.39. The number of pyridine rings is 2. The fourth-order valence-corrected chi connectivity index (χ4v) is 3.93. The molecule has 0 bridgehead atoms. The van der Waals surface area contributed by atoms with E-state index in [9.17, 15) is 9.59 Å². The molecule has 1 saturated heterocycles. The van der Waals surface area contributed by atoms with Crippen LogP contribution in [0.1, 0.15) is 30.2 Å². The minimum absolute atomic E-state index is 0.0586. The zero-order valence-electron chi connectivity index (χ0n) is 18.9. The van der Waals surface area contributed by atoms with Gasteiger partial charge in [-0.25, -0.2) is 14.6 Å². The highest BCUT2D eigenvalue weighted by Gasteiger charge is 2.22. The molecule has 34 heavy (non-hydrogen) atoms. The van der Waals surface area contributed by atoms with Crippen molar-refractivity contribution in [1.82, 2.24) is 35.2 Å². The Hall–Kier alpha value is -4.34. The summed E-state index contributed by atoms with van der Waals surface area (Å²) in [5.41, 5.74) is 4.27. The fourth-order valence-electron chi connectivity index (χ4n) is 3.93. The number of carbonyl (C=O) groups is 2. The SMILES string of the molecule is CC(C)n1nnc2ccc(-c3ccnc(Nc4cc(C(=O)N5CCNC(=O)C5)ccn4)c3)cc21. The van der Waals surface area contributed by atoms with Crippen LogP contribution >= 0.6 is 0 Å². The molecule has 1 aliphatic rings. The summed E-state index contributed by atoms with van der Waals surface area (Å²) >= 11 is 0. The molecular weight excluding hydrogens is 432 g/mol. The third-order valence-electron chi connectivity index (χ3n) is 5.64. The highest BCUT2D eigenvalue weighted by Crippen LogP contribution is 2.27. The molecule has 2 N–H and O–H groups in total. The molecule has 0 atom stereocenters. The van der Waals surface area contributed by atoms with Crippen LogP contribution in [0.4, 0.5) is 11.6 Å². The number of nitrogens with zero attached hydrogens (tertiary/aromatic N) is 6. The van der Waals surface area contributed by atoms with Gasteiger partial charge in [-0.3, -0.25) is 9.59 Å². The van der Waals surface area contributed by atoms with E-state index in [4.69, 9.17) is 0 Å². The van der Waals surface area contributed by atoms with Crippen molar-refractivity contribution < 1.29 is 9.59 Å². The average Bonchev–Trinajstić information content (AvgIpc) is 3.28. The largest absolute Gasteiger partial charge is 0.353 e. The number of amides is 2. The van der Waals surface area contributed by atoms with Crippen LogP contribution in [0.3, 0.4) is 0 Å². The number of piperazine rings is 1. The number of aromatic nitrogens is 5. The van der Waals surface area contributed by atoms with Crippen molar-refractivity contribution in [1.29, 1.82) is 0 Å². The maximum atomic E-state index is 12.8. The Bertz CT molecular complexity index is 1380. The molecule has 10 nitrogen and oxygen atoms in total. The summed E-state index contributed by atoms with van der Waals surface area (Å²) in [5, 5.41) is 14.4. The molecule has 172 valence electrons. The van der Waals surface area contributed by atoms with Crippen molar-refractivity contribution >= 4 is 34.5 Å². The van der Waals surface area contributed by atoms with Gasteiger partial charge in [-0.15, -0.1) is 5.10 Å². The third kappa shape index (κ3) is 4.29. The molecule has 0 unspecified atom stereocenters. The summed E-state index contributed by atoms with van der Waals surface area (Å²) in [6, 6.07) is 13.4. The molecule has 1 aliphatic heterocycles. The van der Waals surface area contributed by atoms with Crippen LogP contribution in [-0.2, 0) is 4.79 Å². The van der Waals surface area contributed by atoms with E-state index < -0.39 is 0 Å². The Morgan fingerprint density at radius 2 is 1.79 bits per heavy atom. The van der Waals surface area contributed by atoms with E-state index in [0.717, 1.165) is 22.2 Å². The van der Waals surface area contributed by atoms with Gasteiger partial charge in [-0.2, -0.15) is 0 Å². The van der Waals surface area contributed by atoms with Crippen LogP contribution in [-0.4, -0.2) is 61.3 Å². The van der Waals surface area contributed by atoms with Gasteiger partial charge in [0, 0.05) is 37.1 Å². The maximum Gasteiger partial charge on any atom is 0.254 e. The first-order valence-corrected chi connectivity index (χ1v) is 11.1. The predicted octanol–water partition coefficient (Wildman–Crippen LogP) is 2.78. The molecule has 0 radical (unpaired) electrons. The Kier molecular flexibility index (Phi) is 5.62. The van der Waals surface area contributed by atoms with E-state index >= 15 is 0 Å². The number of anilines is 2. The van der Waals surface area contributed by atoms with Crippen molar-refractivity contribution in [2.45, 2.75) is 19.9 Å². The summed E-state index contributed by atoms with van der Waals surface area (Å²) in [4.78, 5) is 34.7. The molecule has 1 aromatic carbocycles. The molecule has 1 fully saturated rings. The van der Waals surface area contributed by atoms with Crippen LogP contribution in [0.25, 0.3) is 22.2 Å². The zero-order chi connectivity index (χ0) is 23.7. The van der Waals surface area contributed by atoms with Crippen LogP contribution in [0.2, 0.25) is 0 Å². The minimum Gasteiger partial charge on any atom is -0.353 e. The summed E-state index contributed by atoms with van der Waals surface area (Å²) in [7, 11) is 0. The van der Waals surface area contributed by atoms with Gasteiger partial charge in [0.25, 0.3) is 5.91 Å². The average molecular weight is 457 g/mol. The number of hydrogen-bond donors (Lipinski definition) is 2. The van der Waals surface area contributed by atoms with E-state index in [2.05, 4.69) is 50.8 Å². The van der Waals surface area contributed by atoms with Crippen molar-refractivity contribution in [3.8, 4) is 11.1 Å². The van der Waals surface area contributed by atoms with Gasteiger partial charge >= 0.3 is 0 Å². The van der Waals surface area contributed by atoms with E-state index in [0.29, 0.717) is 30.3 Å². The number of nitrogens with one attached hydrogen (secondary N) is 2. The van der Waals surface area contributed by atoms with Gasteiger partial charge in [0.1, 0.15) is 17.2 Å². The van der Waals surface area contributed by atoms with Gasteiger partial charge < -0.3 is 15.5 Å². The molecule has 5 rings (SSSR count). The predicted molar refractivity (Wildman–Crippen MR) is 128 cm³/mol. The summed E-state index contributed by atoms with van der Waals surface area (Å²) in [6.07, 6.45) is 3.29. The summed E-state index contributed by atoms with van der Waals surface area (Å²) in [6.45, 7) is 5.14. The molecular formula is C24H24N8O2. The van der Waals surface area contributed by atoms with Gasteiger partial charge in [-0.1, -0.05) is 11.3 Å². The quantitative estimate of drug-likeness (QED) is 0.474. The van der Waals surface area contributed by atoms with Crippen LogP contribution in [0.15, 0.2) is 54.9 Å². The molecule has 0 aliphatic carbocycles. The molecule has 10 heteroatoms. The Labute approximate surface area is 196 Å². The molecule has 4 heterocycles. The summed E-state index contributed by atoms with van der Waals surface area (Å²) < 4.78 is 1.90. The fraction of sp³-hybridized carbons (Fsp3) is 0.250. The van der Waals surface area contributed by atoms with Crippen molar-refractivity contribution in [2.75, 3.05) is 25.0 Å². The maximum absolute atomic E-state index is 12.8. The molecule has 0 saturated carbocycles. The number of hydrogen-bond acceptors (Lipinski definition) is 7. The van der Waals surface area contributed by atoms with Crippen molar-refractivity contribution in [3.05, 3.63) is 60.4 Å². The molecule has 4 aromatic rings. The topological polar surface area (TPSA) is 118 Å². The lowest BCUT2D eigenvalue weighted by Gasteiger charge is -2.26. The number of fused-ring (bicyclic) bond motifs is 1. The van der Waals surface area contributed by atoms with E-state index in [-0.39, 0.29) is 24.4 Å². The molecule has 2 amide bonds. The van der Waals surface area contributed by atoms with Gasteiger partial charge in [0.15, 0.2) is 0 Å². The number of rotatable bonds is 5. The second-order valence-corrected chi connectivity index (χ2v) is 8.39. The molecule has 0 spiro atoms. The zero-order valence-corrected chi connectivity index (χ0v) is 18.9. The normalized spacial score (nSPS) is 13.9. The smallest absolute Gasteiger partial charge is 0.254 e. The lowest BCUT2D eigenvalue weighted by Crippen LogP contribution is -2.49. The highest BCUT2D eigenvalue weighted by molar-refractivity contribution is 5.97. The van der Waals surface area contributed by atoms with Crippen LogP contribution < -0.4 is 10.6 Å². The highest BCUT2D eigenvalue weighted by atomic mass is 16.2. The van der Waals surface area contributed by atoms with Crippen LogP contribution in [0, 0.1) is 0 Å². The standard InChI is InChI=1S/C24H24N8O2/c1-15(2)32-20-11-16(3-4-19(20)29-30-32)17-5-7-25-21(12-17)28-22-13-18(6-8-26-22)24(34)31-10-9-27-23(33)14-31/h3-8,11-13,15H,9-10,14H2,1-2H3,(H,27,33)(H,25,26,28). The first kappa shape index (κ1) is 21.5. The number of benzene rings is 1. The Morgan fingerprint density at radius 1 is 1.03 bits per heavy atom. The Balaban J connectivity index is 1.38. The van der Waals surface area contributed by atoms with Gasteiger partial charge in [-0.05, 0) is 61.4 Å². The number of carbonyl (C=O) groups excluding carboxylic acids is 2. The summed E-state index contributed by atoms with van der Waals surface area (Å²) in [5.74, 6) is 0.737. The van der Waals surface area contributed by atoms with Gasteiger partial charge in [0.05, 0.1) is 12.1 Å². The van der Waals surface area contributed by atoms with Gasteiger partial charge in [0.2, 0.25) is 5.91 Å². The van der Waals surface area contributed by atoms with E-state index in [1.54, 1.807) is 24.5 Å². The Morgan fingerprint density at radius 3 is 2.59 bits per heavy atom. The van der Waals surface area contributed by atoms with E-state index in [1.165, 1.54) is 4.90 Å². The van der Waals surface area contributed by atoms with Crippen molar-refractivity contribution in [3.63, 3.8) is 0 Å². The van der Waals surface area contributed by atoms with Crippen LogP contribution in [0.5, 0.6) is 0 Å². The lowest BCUT2D eigenvalue weighted by atomic mass is 10.1. The third-order valence-corrected chi connectivity index (χ3v) is 5.64. The second kappa shape index (κ2) is 8.89.